The van der Waals surface area contributed by atoms with Gasteiger partial charge in [0.25, 0.3) is 11.5 Å². The van der Waals surface area contributed by atoms with Gasteiger partial charge in [-0.15, -0.1) is 0 Å². The molecule has 0 saturated carbocycles. The molecule has 39 heteroatoms. The number of ketones is 1. The quantitative estimate of drug-likeness (QED) is 0.0199. The number of H-pyrrole nitrogens is 1. The van der Waals surface area contributed by atoms with E-state index < -0.39 is 17.9 Å². The summed E-state index contributed by atoms with van der Waals surface area (Å²) in [7, 11) is 0. The number of nitrogens with two attached hydrogens (primary N) is 1. The summed E-state index contributed by atoms with van der Waals surface area (Å²) in [5, 5.41) is 88.2. The minimum Gasteiger partial charge on any atom is -1.00 e. The number of nitrogens with one attached hydrogen (secondary N) is 2. The van der Waals surface area contributed by atoms with E-state index in [1.54, 1.807) is 85.8 Å². The number of Topliss-reactive ketones (excluding diaryl/α,β-unsaturated/α-hetero) is 1. The number of carboxylic acids is 2. The number of rotatable bonds is 15. The predicted octanol–water partition coefficient (Wildman–Crippen LogP) is 13.2. The minimum absolute atomic E-state index is 0. The van der Waals surface area contributed by atoms with Crippen molar-refractivity contribution in [3.63, 3.8) is 0 Å². The van der Waals surface area contributed by atoms with Crippen molar-refractivity contribution in [2.24, 2.45) is 29.4 Å². The smallest absolute Gasteiger partial charge is 1.00 e. The number of pyridine rings is 5. The van der Waals surface area contributed by atoms with Gasteiger partial charge < -0.3 is 90.3 Å². The van der Waals surface area contributed by atoms with Crippen LogP contribution < -0.4 is 65.0 Å². The molecule has 0 aromatic carbocycles. The standard InChI is InChI=1S/C21H26BrN3O2.C21H24BrN3O2.C18H20BrN3O2.C14H14BrNO3.C8H12N2O.C6H10N2.4C3H8O.C2H4O2.B.Li.Na.H2O.Ti.H/c2*1-13(2)27-21(26)19-10-18-9-17(22)12-25(18)20(14(19)3)15(4)24-7-5-16(11-23)6-8-24;1-11-16(18(23)24)8-15-7-14(19)10-22(15)17(11)12(2)21-5-3-13(9-20)4-6-21;1-4-19-14(18)12-6-11-5-10(15)7-16(11)13(8(12)2)9(3)17;1-5-3-6(2)10-8(11)7(5)4-9;7-5-6-1-3-8-4-2-6;4*1-3(2)4;1-2(3)4;;;;;;/h9-10,12-13,15-16H,5-8H2,1-4H3;9-10,12-13,16H,4-8H2,1-3H3;7-8,10,12-13H,3-6H2,1-2H3,(H,23,24);5-7H,4H2,1-3H3;3H,4,9H2,1-2H3,(H,10,11);6,8H,1-4H2;4*3-4H,1-2H3;1H3,(H,3,4);;;;1H2;;/q;;;;;;;;;;;;2*+1;;;-1/p-1. The second-order valence-corrected chi connectivity index (χ2v) is 38.9. The van der Waals surface area contributed by atoms with Crippen molar-refractivity contribution in [1.82, 2.24) is 42.6 Å². The molecule has 4 aliphatic heterocycles. The summed E-state index contributed by atoms with van der Waals surface area (Å²) in [4.78, 5) is 90.5. The van der Waals surface area contributed by atoms with Crippen molar-refractivity contribution in [3.05, 3.63) is 198 Å². The average molecular weight is 2250 g/mol. The Hall–Kier alpha value is -7.55. The van der Waals surface area contributed by atoms with Crippen molar-refractivity contribution < 1.29 is 151 Å². The van der Waals surface area contributed by atoms with Gasteiger partial charge in [0.2, 0.25) is 0 Å². The molecule has 0 amide bonds. The van der Waals surface area contributed by atoms with Crippen LogP contribution >= 0.6 is 63.7 Å². The van der Waals surface area contributed by atoms with Gasteiger partial charge in [-0.25, -0.2) is 19.2 Å². The molecule has 0 bridgehead atoms. The van der Waals surface area contributed by atoms with Crippen LogP contribution in [0, 0.1) is 111 Å². The van der Waals surface area contributed by atoms with Gasteiger partial charge in [0.05, 0.1) is 82.4 Å². The van der Waals surface area contributed by atoms with Gasteiger partial charge in [-0.1, -0.05) is 6.58 Å². The number of likely N-dealkylation sites (tertiary alicyclic amines) is 3. The van der Waals surface area contributed by atoms with Crippen LogP contribution in [0.25, 0.3) is 27.8 Å². The van der Waals surface area contributed by atoms with Gasteiger partial charge in [0, 0.05) is 237 Å². The molecule has 0 aliphatic carbocycles. The maximum absolute atomic E-state index is 12.7. The van der Waals surface area contributed by atoms with E-state index in [2.05, 4.69) is 147 Å². The first-order chi connectivity index (χ1) is 63.7. The van der Waals surface area contributed by atoms with Crippen LogP contribution in [-0.2, 0) is 47.3 Å². The fourth-order valence-corrected chi connectivity index (χ4v) is 17.2. The largest absolute Gasteiger partial charge is 1.00 e. The number of nitrogens with zero attached hydrogens (tertiary/aromatic N) is 11. The SMILES string of the molecule is C=C(c1c(C)c(C(=O)OC(C)C)cc2cc(Br)cn12)N1CCC(C#N)CC1.CC(=O)O.CC(C)O.CC(C)O.CC(C)O.CC(C)O.CCOC(=O)c1cc2cc(Br)cn2c(C(C)=O)c1C.Cc1c(C(=O)O)cc2cc(Br)cn2c1C(C)N1CCC(C#N)CC1.Cc1c(C(=O)OC(C)C)cc2cc(Br)cn2c1C(C)N1CCC(C#N)CC1.Cc1cc(C)c(CN)c(=O)[nH]1.N#CC1CCNCC1.[B].[H-].[Li+].[Na+].[OH-].[Ti]. The number of aliphatic carboxylic acids is 1. The Balaban J connectivity index is -0.000000786. The van der Waals surface area contributed by atoms with Crippen molar-refractivity contribution >= 4 is 136 Å². The number of piperidine rings is 4. The Kier molecular flexibility index (Phi) is 67.1. The number of fused-ring (bicyclic) bond motifs is 4. The third kappa shape index (κ3) is 45.1. The molecule has 9 aromatic rings. The van der Waals surface area contributed by atoms with Crippen LogP contribution in [0.4, 0.5) is 0 Å². The van der Waals surface area contributed by atoms with Crippen molar-refractivity contribution in [3.8, 4) is 24.3 Å². The van der Waals surface area contributed by atoms with Crippen LogP contribution in [0.3, 0.4) is 0 Å². The predicted molar refractivity (Wildman–Crippen MR) is 556 cm³/mol. The van der Waals surface area contributed by atoms with E-state index in [1.165, 1.54) is 6.92 Å². The van der Waals surface area contributed by atoms with Crippen LogP contribution in [0.15, 0.2) is 109 Å². The second kappa shape index (κ2) is 68.7. The number of carboxylic acid groups (broad SMARTS) is 2. The fourth-order valence-electron chi connectivity index (χ4n) is 15.4. The molecule has 4 saturated heterocycles. The van der Waals surface area contributed by atoms with Gasteiger partial charge >= 0.3 is 72.3 Å². The van der Waals surface area contributed by atoms with Gasteiger partial charge in [-0.3, -0.25) is 24.2 Å². The van der Waals surface area contributed by atoms with E-state index in [9.17, 15) is 33.9 Å². The summed E-state index contributed by atoms with van der Waals surface area (Å²) in [6, 6.07) is 26.5. The number of aromatic nitrogens is 5. The molecule has 2 atom stereocenters. The van der Waals surface area contributed by atoms with E-state index in [0.29, 0.717) is 58.1 Å². The molecule has 31 nitrogen and oxygen atoms in total. The number of nitriles is 4. The van der Waals surface area contributed by atoms with E-state index >= 15 is 0 Å². The summed E-state index contributed by atoms with van der Waals surface area (Å²) >= 11 is 14.0. The number of aliphatic hydroxyl groups excluding tert-OH is 4. The molecule has 141 heavy (non-hydrogen) atoms. The van der Waals surface area contributed by atoms with Crippen molar-refractivity contribution in [1.29, 1.82) is 21.0 Å². The zero-order valence-electron chi connectivity index (χ0n) is 87.7. The van der Waals surface area contributed by atoms with E-state index in [1.807, 2.05) is 130 Å². The van der Waals surface area contributed by atoms with E-state index in [4.69, 9.17) is 71.3 Å². The van der Waals surface area contributed by atoms with E-state index in [0.717, 1.165) is 201 Å². The van der Waals surface area contributed by atoms with Crippen LogP contribution in [-0.4, -0.2) is 213 Å². The van der Waals surface area contributed by atoms with Gasteiger partial charge in [0.1, 0.15) is 0 Å². The molecule has 9 aromatic heterocycles. The number of carbonyl (C=O) groups excluding carboxylic acids is 4. The van der Waals surface area contributed by atoms with Crippen molar-refractivity contribution in [2.75, 3.05) is 59.0 Å². The van der Waals surface area contributed by atoms with E-state index in [-0.39, 0.29) is 175 Å². The summed E-state index contributed by atoms with van der Waals surface area (Å²) < 4.78 is 27.7. The molecule has 761 valence electrons. The van der Waals surface area contributed by atoms with Gasteiger partial charge in [0.15, 0.2) is 5.78 Å². The molecule has 2 unspecified atom stereocenters. The molecule has 4 fully saturated rings. The summed E-state index contributed by atoms with van der Waals surface area (Å²) in [6.07, 6.45) is 14.1. The summed E-state index contributed by atoms with van der Waals surface area (Å²) in [6.45, 7) is 53.2. The summed E-state index contributed by atoms with van der Waals surface area (Å²) in [5.74, 6) is -2.08. The third-order valence-corrected chi connectivity index (χ3v) is 23.3. The Labute approximate surface area is 918 Å². The molecular weight excluding hydrogens is 2100 g/mol. The number of hydrogen-bond donors (Lipinski definition) is 9. The Bertz CT molecular complexity index is 5700. The Morgan fingerprint density at radius 2 is 0.787 bits per heavy atom. The maximum atomic E-state index is 12.7. The number of aromatic carboxylic acids is 1. The minimum atomic E-state index is -0.899. The zero-order valence-corrected chi connectivity index (χ0v) is 96.6. The summed E-state index contributed by atoms with van der Waals surface area (Å²) in [5.41, 5.74) is 21.0. The molecule has 13 rings (SSSR count). The first kappa shape index (κ1) is 138. The normalized spacial score (nSPS) is 13.9. The topological polar surface area (TPSA) is 475 Å². The second-order valence-electron chi connectivity index (χ2n) is 35.3. The first-order valence-electron chi connectivity index (χ1n) is 45.9. The number of aliphatic hydroxyl groups is 4. The maximum Gasteiger partial charge on any atom is 1.00 e. The van der Waals surface area contributed by atoms with Gasteiger partial charge in [-0.05, 0) is 356 Å². The molecule has 0 spiro atoms. The number of hydrogen-bond acceptors (Lipinski definition) is 24. The van der Waals surface area contributed by atoms with Crippen LogP contribution in [0.1, 0.15) is 291 Å². The Morgan fingerprint density at radius 1 is 0.496 bits per heavy atom. The zero-order chi connectivity index (χ0) is 103. The fraction of sp³-hybridized carbons (Fsp3) is 0.520. The molecule has 13 heterocycles. The van der Waals surface area contributed by atoms with Crippen molar-refractivity contribution in [2.45, 2.75) is 266 Å². The number of ether oxygens (including phenoxy) is 3. The number of aryl methyl sites for hydroxylation is 2. The molecule has 4 aliphatic rings. The monoisotopic (exact) mass is 2240 g/mol. The number of halogens is 4. The molecular formula is C102H144BBr4LiN14NaO17Ti. The number of esters is 3. The number of aromatic amines is 1. The molecule has 3 radical (unpaired) electrons. The van der Waals surface area contributed by atoms with Crippen LogP contribution in [0.5, 0.6) is 0 Å². The third-order valence-electron chi connectivity index (χ3n) is 21.6. The van der Waals surface area contributed by atoms with Crippen LogP contribution in [0.2, 0.25) is 0 Å². The number of carbonyl (C=O) groups is 6. The first-order valence-corrected chi connectivity index (χ1v) is 49.0. The Morgan fingerprint density at radius 3 is 1.09 bits per heavy atom. The average Bonchev–Trinajstić information content (AvgIpc) is 1.59. The van der Waals surface area contributed by atoms with Gasteiger partial charge in [-0.2, -0.15) is 21.0 Å². The molecule has 11 N–H and O–H groups in total.